The largest absolute Gasteiger partial charge is 0.474 e. The maximum atomic E-state index is 12.2. The maximum absolute atomic E-state index is 12.2. The summed E-state index contributed by atoms with van der Waals surface area (Å²) in [5.74, 6) is -0.0757. The van der Waals surface area contributed by atoms with Gasteiger partial charge in [0.1, 0.15) is 0 Å². The van der Waals surface area contributed by atoms with Gasteiger partial charge in [-0.3, -0.25) is 19.2 Å². The Morgan fingerprint density at radius 2 is 2.07 bits per heavy atom. The molecule has 1 N–H and O–H groups in total. The van der Waals surface area contributed by atoms with Crippen LogP contribution in [-0.2, 0) is 27.8 Å². The molecular weight excluding hydrogens is 392 g/mol. The molecule has 0 fully saturated rings. The molecule has 0 aromatic carbocycles. The fourth-order valence-electron chi connectivity index (χ4n) is 2.77. The van der Waals surface area contributed by atoms with E-state index in [9.17, 15) is 13.2 Å². The number of ether oxygens (including phenoxy) is 1. The molecule has 0 atom stereocenters. The molecule has 0 unspecified atom stereocenters. The standard InChI is InChI=1S/C20H30N4O4S/c1-4-5-8-13-29(26,27)23-19(25)11-10-18-14-20(28-16(2)3)22-24(18)15-17-9-6-7-12-21-17/h6-7,9,12,14,16H,4-5,8,10-11,13,15H2,1-3H3,(H,23,25). The molecule has 0 saturated carbocycles. The van der Waals surface area contributed by atoms with E-state index in [0.29, 0.717) is 25.3 Å². The third kappa shape index (κ3) is 8.23. The van der Waals surface area contributed by atoms with Gasteiger partial charge in [-0.1, -0.05) is 25.8 Å². The Hall–Kier alpha value is -2.42. The Labute approximate surface area is 172 Å². The van der Waals surface area contributed by atoms with Gasteiger partial charge in [-0.15, -0.1) is 5.10 Å². The van der Waals surface area contributed by atoms with Gasteiger partial charge in [0.25, 0.3) is 0 Å². The highest BCUT2D eigenvalue weighted by Crippen LogP contribution is 2.16. The van der Waals surface area contributed by atoms with Crippen LogP contribution in [0.4, 0.5) is 0 Å². The third-order valence-corrected chi connectivity index (χ3v) is 5.49. The number of carbonyl (C=O) groups is 1. The van der Waals surface area contributed by atoms with Crippen LogP contribution >= 0.6 is 0 Å². The Morgan fingerprint density at radius 1 is 1.28 bits per heavy atom. The number of pyridine rings is 1. The Kier molecular flexibility index (Phi) is 8.63. The maximum Gasteiger partial charge on any atom is 0.234 e. The van der Waals surface area contributed by atoms with Crippen LogP contribution in [0.15, 0.2) is 30.5 Å². The summed E-state index contributed by atoms with van der Waals surface area (Å²) in [7, 11) is -3.58. The molecule has 0 saturated heterocycles. The van der Waals surface area contributed by atoms with Crippen molar-refractivity contribution >= 4 is 15.9 Å². The smallest absolute Gasteiger partial charge is 0.234 e. The van der Waals surface area contributed by atoms with Crippen molar-refractivity contribution in [3.63, 3.8) is 0 Å². The number of carbonyl (C=O) groups excluding carboxylic acids is 1. The van der Waals surface area contributed by atoms with Crippen LogP contribution in [0.5, 0.6) is 5.88 Å². The third-order valence-electron chi connectivity index (χ3n) is 4.13. The van der Waals surface area contributed by atoms with Gasteiger partial charge in [-0.2, -0.15) is 0 Å². The van der Waals surface area contributed by atoms with Gasteiger partial charge >= 0.3 is 0 Å². The van der Waals surface area contributed by atoms with Gasteiger partial charge in [0.15, 0.2) is 0 Å². The van der Waals surface area contributed by atoms with E-state index in [1.807, 2.05) is 39.0 Å². The lowest BCUT2D eigenvalue weighted by Gasteiger charge is -2.08. The summed E-state index contributed by atoms with van der Waals surface area (Å²) in [6, 6.07) is 7.41. The predicted molar refractivity (Wildman–Crippen MR) is 111 cm³/mol. The van der Waals surface area contributed by atoms with Gasteiger partial charge in [0.05, 0.1) is 24.1 Å². The number of unbranched alkanes of at least 4 members (excludes halogenated alkanes) is 2. The summed E-state index contributed by atoms with van der Waals surface area (Å²) in [6.07, 6.45) is 4.36. The van der Waals surface area contributed by atoms with Crippen molar-refractivity contribution in [2.24, 2.45) is 0 Å². The number of rotatable bonds is 12. The minimum Gasteiger partial charge on any atom is -0.474 e. The molecule has 8 nitrogen and oxygen atoms in total. The highest BCUT2D eigenvalue weighted by molar-refractivity contribution is 7.90. The Bertz CT molecular complexity index is 879. The molecule has 29 heavy (non-hydrogen) atoms. The number of sulfonamides is 1. The molecule has 2 aromatic rings. The van der Waals surface area contributed by atoms with Crippen LogP contribution < -0.4 is 9.46 Å². The number of aryl methyl sites for hydroxylation is 1. The molecule has 0 aliphatic rings. The fourth-order valence-corrected chi connectivity index (χ4v) is 3.91. The van der Waals surface area contributed by atoms with E-state index in [0.717, 1.165) is 24.2 Å². The lowest BCUT2D eigenvalue weighted by atomic mass is 10.2. The molecule has 0 aliphatic heterocycles. The van der Waals surface area contributed by atoms with Crippen molar-refractivity contribution in [2.75, 3.05) is 5.75 Å². The summed E-state index contributed by atoms with van der Waals surface area (Å²) in [5, 5.41) is 4.45. The molecule has 0 aliphatic carbocycles. The second-order valence-corrected chi connectivity index (χ2v) is 9.01. The van der Waals surface area contributed by atoms with Crippen molar-refractivity contribution < 1.29 is 17.9 Å². The SMILES string of the molecule is CCCCCS(=O)(=O)NC(=O)CCc1cc(OC(C)C)nn1Cc1ccccn1. The second kappa shape index (κ2) is 10.9. The number of amides is 1. The molecule has 0 spiro atoms. The molecule has 2 aromatic heterocycles. The lowest BCUT2D eigenvalue weighted by Crippen LogP contribution is -2.32. The number of nitrogens with zero attached hydrogens (tertiary/aromatic N) is 3. The molecular formula is C20H30N4O4S. The molecule has 2 heterocycles. The normalized spacial score (nSPS) is 11.6. The average molecular weight is 423 g/mol. The minimum atomic E-state index is -3.58. The van der Waals surface area contributed by atoms with Gasteiger partial charge in [-0.05, 0) is 38.8 Å². The van der Waals surface area contributed by atoms with Gasteiger partial charge < -0.3 is 4.74 Å². The van der Waals surface area contributed by atoms with Crippen molar-refractivity contribution in [1.29, 1.82) is 0 Å². The summed E-state index contributed by atoms with van der Waals surface area (Å²) >= 11 is 0. The summed E-state index contributed by atoms with van der Waals surface area (Å²) in [6.45, 7) is 6.26. The topological polar surface area (TPSA) is 103 Å². The van der Waals surface area contributed by atoms with Crippen molar-refractivity contribution in [1.82, 2.24) is 19.5 Å². The van der Waals surface area contributed by atoms with E-state index < -0.39 is 15.9 Å². The minimum absolute atomic E-state index is 0.0300. The first-order valence-corrected chi connectivity index (χ1v) is 11.6. The van der Waals surface area contributed by atoms with Crippen molar-refractivity contribution in [3.05, 3.63) is 41.9 Å². The lowest BCUT2D eigenvalue weighted by molar-refractivity contribution is -0.119. The molecule has 0 bridgehead atoms. The average Bonchev–Trinajstić information content (AvgIpc) is 3.01. The van der Waals surface area contributed by atoms with Crippen LogP contribution in [-0.4, -0.2) is 40.9 Å². The quantitative estimate of drug-likeness (QED) is 0.528. The second-order valence-electron chi connectivity index (χ2n) is 7.17. The molecule has 9 heteroatoms. The fraction of sp³-hybridized carbons (Fsp3) is 0.550. The number of hydrogen-bond acceptors (Lipinski definition) is 6. The monoisotopic (exact) mass is 422 g/mol. The first-order valence-electron chi connectivity index (χ1n) is 9.95. The first kappa shape index (κ1) is 22.9. The van der Waals surface area contributed by atoms with Gasteiger partial charge in [0, 0.05) is 24.4 Å². The van der Waals surface area contributed by atoms with E-state index in [1.165, 1.54) is 0 Å². The predicted octanol–water partition coefficient (Wildman–Crippen LogP) is 2.68. The van der Waals surface area contributed by atoms with Crippen LogP contribution in [0.3, 0.4) is 0 Å². The zero-order valence-corrected chi connectivity index (χ0v) is 18.1. The van der Waals surface area contributed by atoms with E-state index in [4.69, 9.17) is 4.74 Å². The molecule has 2 rings (SSSR count). The first-order chi connectivity index (χ1) is 13.8. The summed E-state index contributed by atoms with van der Waals surface area (Å²) in [4.78, 5) is 16.5. The van der Waals surface area contributed by atoms with Gasteiger partial charge in [-0.25, -0.2) is 8.42 Å². The van der Waals surface area contributed by atoms with Crippen molar-refractivity contribution in [2.45, 2.75) is 65.5 Å². The number of hydrogen-bond donors (Lipinski definition) is 1. The summed E-state index contributed by atoms with van der Waals surface area (Å²) < 4.78 is 33.5. The van der Waals surface area contributed by atoms with Crippen LogP contribution in [0.2, 0.25) is 0 Å². The van der Waals surface area contributed by atoms with E-state index >= 15 is 0 Å². The molecule has 160 valence electrons. The van der Waals surface area contributed by atoms with E-state index in [2.05, 4.69) is 14.8 Å². The van der Waals surface area contributed by atoms with Crippen LogP contribution in [0, 0.1) is 0 Å². The highest BCUT2D eigenvalue weighted by Gasteiger charge is 2.16. The van der Waals surface area contributed by atoms with Crippen LogP contribution in [0.25, 0.3) is 0 Å². The zero-order valence-electron chi connectivity index (χ0n) is 17.3. The Balaban J connectivity index is 2.02. The summed E-state index contributed by atoms with van der Waals surface area (Å²) in [5.41, 5.74) is 1.61. The molecule has 1 amide bonds. The highest BCUT2D eigenvalue weighted by atomic mass is 32.2. The molecule has 0 radical (unpaired) electrons. The van der Waals surface area contributed by atoms with Gasteiger partial charge in [0.2, 0.25) is 21.8 Å². The zero-order chi connectivity index (χ0) is 21.3. The van der Waals surface area contributed by atoms with Crippen LogP contribution in [0.1, 0.15) is 57.8 Å². The van der Waals surface area contributed by atoms with Crippen molar-refractivity contribution in [3.8, 4) is 5.88 Å². The number of nitrogens with one attached hydrogen (secondary N) is 1. The van der Waals surface area contributed by atoms with E-state index in [-0.39, 0.29) is 18.3 Å². The Morgan fingerprint density at radius 3 is 2.72 bits per heavy atom. The van der Waals surface area contributed by atoms with E-state index in [1.54, 1.807) is 16.9 Å². The number of aromatic nitrogens is 3.